The Bertz CT molecular complexity index is 393. The standard InChI is InChI=1S/C12H18N2O2S/c1-8-11(9(2)16-13-8)7-14(10-3-4-10)12(15)5-6-17/h10,17H,3-7H2,1-2H3. The van der Waals surface area contributed by atoms with E-state index in [9.17, 15) is 4.79 Å². The van der Waals surface area contributed by atoms with Gasteiger partial charge in [0.15, 0.2) is 0 Å². The van der Waals surface area contributed by atoms with E-state index in [1.807, 2.05) is 18.7 Å². The van der Waals surface area contributed by atoms with E-state index in [1.165, 1.54) is 0 Å². The summed E-state index contributed by atoms with van der Waals surface area (Å²) in [5.74, 6) is 1.60. The quantitative estimate of drug-likeness (QED) is 0.819. The molecule has 0 spiro atoms. The molecule has 17 heavy (non-hydrogen) atoms. The number of hydrogen-bond donors (Lipinski definition) is 1. The van der Waals surface area contributed by atoms with E-state index in [-0.39, 0.29) is 5.91 Å². The van der Waals surface area contributed by atoms with Crippen LogP contribution in [0, 0.1) is 13.8 Å². The van der Waals surface area contributed by atoms with Crippen molar-refractivity contribution in [2.24, 2.45) is 0 Å². The number of nitrogens with zero attached hydrogens (tertiary/aromatic N) is 2. The van der Waals surface area contributed by atoms with Crippen LogP contribution in [-0.4, -0.2) is 27.8 Å². The van der Waals surface area contributed by atoms with Gasteiger partial charge in [-0.25, -0.2) is 0 Å². The van der Waals surface area contributed by atoms with Gasteiger partial charge in [-0.1, -0.05) is 5.16 Å². The Balaban J connectivity index is 2.10. The van der Waals surface area contributed by atoms with Crippen LogP contribution < -0.4 is 0 Å². The fourth-order valence-electron chi connectivity index (χ4n) is 1.94. The summed E-state index contributed by atoms with van der Waals surface area (Å²) in [6, 6.07) is 0.413. The Hall–Kier alpha value is -0.970. The SMILES string of the molecule is Cc1noc(C)c1CN(C(=O)CCS)C1CC1. The number of amides is 1. The maximum Gasteiger partial charge on any atom is 0.223 e. The van der Waals surface area contributed by atoms with Gasteiger partial charge in [0.25, 0.3) is 0 Å². The van der Waals surface area contributed by atoms with Gasteiger partial charge in [-0.05, 0) is 32.4 Å². The molecule has 1 aromatic rings. The van der Waals surface area contributed by atoms with Gasteiger partial charge < -0.3 is 9.42 Å². The molecule has 0 unspecified atom stereocenters. The number of carbonyl (C=O) groups is 1. The third kappa shape index (κ3) is 2.83. The molecule has 0 radical (unpaired) electrons. The molecule has 4 nitrogen and oxygen atoms in total. The highest BCUT2D eigenvalue weighted by Gasteiger charge is 2.33. The zero-order chi connectivity index (χ0) is 12.4. The second-order valence-corrected chi connectivity index (χ2v) is 4.98. The van der Waals surface area contributed by atoms with Crippen molar-refractivity contribution < 1.29 is 9.32 Å². The summed E-state index contributed by atoms with van der Waals surface area (Å²) in [4.78, 5) is 13.9. The van der Waals surface area contributed by atoms with Gasteiger partial charge in [0.1, 0.15) is 5.76 Å². The summed E-state index contributed by atoms with van der Waals surface area (Å²) in [6.45, 7) is 4.43. The van der Waals surface area contributed by atoms with Gasteiger partial charge in [0.2, 0.25) is 5.91 Å². The molecule has 1 saturated carbocycles. The molecule has 94 valence electrons. The number of hydrogen-bond acceptors (Lipinski definition) is 4. The van der Waals surface area contributed by atoms with E-state index < -0.39 is 0 Å². The second kappa shape index (κ2) is 5.12. The van der Waals surface area contributed by atoms with Crippen LogP contribution in [0.2, 0.25) is 0 Å². The third-order valence-electron chi connectivity index (χ3n) is 3.14. The Morgan fingerprint density at radius 3 is 2.71 bits per heavy atom. The fraction of sp³-hybridized carbons (Fsp3) is 0.667. The first-order valence-electron chi connectivity index (χ1n) is 5.95. The molecular formula is C12H18N2O2S. The van der Waals surface area contributed by atoms with Gasteiger partial charge in [-0.2, -0.15) is 12.6 Å². The number of carbonyl (C=O) groups excluding carboxylic acids is 1. The highest BCUT2D eigenvalue weighted by Crippen LogP contribution is 2.30. The van der Waals surface area contributed by atoms with Gasteiger partial charge in [-0.3, -0.25) is 4.79 Å². The van der Waals surface area contributed by atoms with Crippen LogP contribution in [0.3, 0.4) is 0 Å². The summed E-state index contributed by atoms with van der Waals surface area (Å²) >= 11 is 4.12. The number of rotatable bonds is 5. The number of aryl methyl sites for hydroxylation is 2. The Morgan fingerprint density at radius 2 is 2.24 bits per heavy atom. The lowest BCUT2D eigenvalue weighted by molar-refractivity contribution is -0.131. The molecule has 0 bridgehead atoms. The predicted molar refractivity (Wildman–Crippen MR) is 68.0 cm³/mol. The Morgan fingerprint density at radius 1 is 1.53 bits per heavy atom. The van der Waals surface area contributed by atoms with Crippen molar-refractivity contribution >= 4 is 18.5 Å². The second-order valence-electron chi connectivity index (χ2n) is 4.53. The van der Waals surface area contributed by atoms with Crippen molar-refractivity contribution in [1.82, 2.24) is 10.1 Å². The first kappa shape index (κ1) is 12.5. The van der Waals surface area contributed by atoms with Crippen molar-refractivity contribution in [1.29, 1.82) is 0 Å². The summed E-state index contributed by atoms with van der Waals surface area (Å²) in [7, 11) is 0. The molecule has 1 amide bonds. The molecule has 1 fully saturated rings. The van der Waals surface area contributed by atoms with E-state index >= 15 is 0 Å². The molecule has 1 aromatic heterocycles. The molecule has 1 aliphatic rings. The van der Waals surface area contributed by atoms with E-state index in [0.29, 0.717) is 24.8 Å². The lowest BCUT2D eigenvalue weighted by Crippen LogP contribution is -2.33. The maximum atomic E-state index is 12.0. The number of thiol groups is 1. The molecule has 2 rings (SSSR count). The summed E-state index contributed by atoms with van der Waals surface area (Å²) in [6.07, 6.45) is 2.73. The van der Waals surface area contributed by atoms with Gasteiger partial charge in [0, 0.05) is 18.0 Å². The smallest absolute Gasteiger partial charge is 0.223 e. The summed E-state index contributed by atoms with van der Waals surface area (Å²) in [5, 5.41) is 3.93. The zero-order valence-electron chi connectivity index (χ0n) is 10.3. The third-order valence-corrected chi connectivity index (χ3v) is 3.37. The van der Waals surface area contributed by atoms with E-state index in [2.05, 4.69) is 17.8 Å². The molecule has 0 aromatic carbocycles. The maximum absolute atomic E-state index is 12.0. The average molecular weight is 254 g/mol. The van der Waals surface area contributed by atoms with E-state index in [4.69, 9.17) is 4.52 Å². The van der Waals surface area contributed by atoms with Crippen molar-refractivity contribution in [3.63, 3.8) is 0 Å². The molecule has 5 heteroatoms. The van der Waals surface area contributed by atoms with Crippen LogP contribution in [-0.2, 0) is 11.3 Å². The molecule has 1 heterocycles. The molecular weight excluding hydrogens is 236 g/mol. The first-order chi connectivity index (χ1) is 8.13. The monoisotopic (exact) mass is 254 g/mol. The minimum Gasteiger partial charge on any atom is -0.361 e. The van der Waals surface area contributed by atoms with Crippen LogP contribution in [0.15, 0.2) is 4.52 Å². The lowest BCUT2D eigenvalue weighted by atomic mass is 10.2. The van der Waals surface area contributed by atoms with Crippen molar-refractivity contribution in [3.8, 4) is 0 Å². The van der Waals surface area contributed by atoms with E-state index in [1.54, 1.807) is 0 Å². The number of aromatic nitrogens is 1. The minimum atomic E-state index is 0.183. The van der Waals surface area contributed by atoms with Gasteiger partial charge in [-0.15, -0.1) is 0 Å². The molecule has 1 aliphatic carbocycles. The summed E-state index contributed by atoms with van der Waals surface area (Å²) < 4.78 is 5.13. The Kier molecular flexibility index (Phi) is 3.76. The van der Waals surface area contributed by atoms with Gasteiger partial charge in [0.05, 0.1) is 12.2 Å². The fourth-order valence-corrected chi connectivity index (χ4v) is 2.14. The largest absolute Gasteiger partial charge is 0.361 e. The average Bonchev–Trinajstić information content (AvgIpc) is 3.06. The topological polar surface area (TPSA) is 46.3 Å². The lowest BCUT2D eigenvalue weighted by Gasteiger charge is -2.22. The highest BCUT2D eigenvalue weighted by molar-refractivity contribution is 7.80. The van der Waals surface area contributed by atoms with Crippen molar-refractivity contribution in [2.75, 3.05) is 5.75 Å². The molecule has 0 N–H and O–H groups in total. The van der Waals surface area contributed by atoms with Crippen LogP contribution in [0.4, 0.5) is 0 Å². The predicted octanol–water partition coefficient (Wildman–Crippen LogP) is 2.10. The Labute approximate surface area is 107 Å². The van der Waals surface area contributed by atoms with E-state index in [0.717, 1.165) is 29.9 Å². The van der Waals surface area contributed by atoms with Crippen molar-refractivity contribution in [3.05, 3.63) is 17.0 Å². The highest BCUT2D eigenvalue weighted by atomic mass is 32.1. The van der Waals surface area contributed by atoms with Crippen molar-refractivity contribution in [2.45, 2.75) is 45.7 Å². The zero-order valence-corrected chi connectivity index (χ0v) is 11.2. The summed E-state index contributed by atoms with van der Waals surface area (Å²) in [5.41, 5.74) is 1.93. The van der Waals surface area contributed by atoms with Crippen LogP contribution >= 0.6 is 12.6 Å². The molecule has 0 aliphatic heterocycles. The minimum absolute atomic E-state index is 0.183. The molecule has 0 atom stereocenters. The van der Waals surface area contributed by atoms with Crippen LogP contribution in [0.1, 0.15) is 36.3 Å². The van der Waals surface area contributed by atoms with Crippen LogP contribution in [0.25, 0.3) is 0 Å². The van der Waals surface area contributed by atoms with Gasteiger partial charge >= 0.3 is 0 Å². The molecule has 0 saturated heterocycles. The first-order valence-corrected chi connectivity index (χ1v) is 6.58. The van der Waals surface area contributed by atoms with Crippen LogP contribution in [0.5, 0.6) is 0 Å². The normalized spacial score (nSPS) is 15.0.